The molecule has 1 aliphatic heterocycles. The lowest BCUT2D eigenvalue weighted by Gasteiger charge is -2.25. The van der Waals surface area contributed by atoms with Crippen LogP contribution in [0.4, 0.5) is 5.82 Å². The number of hydrogen-bond donors (Lipinski definition) is 0. The number of pyridine rings is 1. The van der Waals surface area contributed by atoms with Crippen LogP contribution in [-0.2, 0) is 0 Å². The van der Waals surface area contributed by atoms with E-state index in [-0.39, 0.29) is 11.9 Å². The Bertz CT molecular complexity index is 725. The van der Waals surface area contributed by atoms with E-state index in [0.717, 1.165) is 46.3 Å². The Balaban J connectivity index is 1.90. The van der Waals surface area contributed by atoms with Gasteiger partial charge >= 0.3 is 0 Å². The van der Waals surface area contributed by atoms with Crippen molar-refractivity contribution in [2.75, 3.05) is 25.5 Å². The molecular formula is C17H22N4OS. The number of nitrogens with zero attached hydrogens (tertiary/aromatic N) is 4. The Morgan fingerprint density at radius 2 is 2.17 bits per heavy atom. The first kappa shape index (κ1) is 15.9. The van der Waals surface area contributed by atoms with Crippen molar-refractivity contribution in [3.05, 3.63) is 39.5 Å². The van der Waals surface area contributed by atoms with E-state index in [4.69, 9.17) is 0 Å². The van der Waals surface area contributed by atoms with Crippen LogP contribution in [0.2, 0.25) is 0 Å². The molecule has 1 saturated heterocycles. The van der Waals surface area contributed by atoms with E-state index in [1.807, 2.05) is 50.0 Å². The Labute approximate surface area is 141 Å². The summed E-state index contributed by atoms with van der Waals surface area (Å²) in [6.45, 7) is 4.67. The van der Waals surface area contributed by atoms with Gasteiger partial charge in [-0.25, -0.2) is 9.97 Å². The number of aromatic nitrogens is 2. The summed E-state index contributed by atoms with van der Waals surface area (Å²) in [5.74, 6) is 1.03. The van der Waals surface area contributed by atoms with Gasteiger partial charge in [-0.2, -0.15) is 0 Å². The van der Waals surface area contributed by atoms with Crippen LogP contribution in [0.5, 0.6) is 0 Å². The van der Waals surface area contributed by atoms with E-state index in [1.54, 1.807) is 0 Å². The number of amides is 1. The molecule has 3 heterocycles. The minimum atomic E-state index is 0.110. The zero-order valence-corrected chi connectivity index (χ0v) is 14.9. The van der Waals surface area contributed by atoms with Crippen molar-refractivity contribution < 1.29 is 4.79 Å². The summed E-state index contributed by atoms with van der Waals surface area (Å²) < 4.78 is 0. The molecule has 6 heteroatoms. The first-order valence-corrected chi connectivity index (χ1v) is 8.67. The van der Waals surface area contributed by atoms with Gasteiger partial charge in [0.25, 0.3) is 5.91 Å². The molecule has 1 aliphatic rings. The summed E-state index contributed by atoms with van der Waals surface area (Å²) in [4.78, 5) is 26.5. The number of likely N-dealkylation sites (tertiary alicyclic amines) is 1. The van der Waals surface area contributed by atoms with Crippen molar-refractivity contribution in [3.8, 4) is 0 Å². The van der Waals surface area contributed by atoms with Crippen molar-refractivity contribution >= 4 is 23.1 Å². The van der Waals surface area contributed by atoms with E-state index in [9.17, 15) is 4.79 Å². The maximum atomic E-state index is 13.0. The summed E-state index contributed by atoms with van der Waals surface area (Å²) in [6, 6.07) is 4.24. The third-order valence-corrected chi connectivity index (χ3v) is 5.28. The SMILES string of the molecule is Cc1nc(C)c(C(=O)N2CCC[C@H]2c2ccnc(N(C)C)c2)s1. The highest BCUT2D eigenvalue weighted by atomic mass is 32.1. The van der Waals surface area contributed by atoms with Crippen LogP contribution in [0, 0.1) is 13.8 Å². The molecule has 5 nitrogen and oxygen atoms in total. The Morgan fingerprint density at radius 3 is 2.83 bits per heavy atom. The summed E-state index contributed by atoms with van der Waals surface area (Å²) >= 11 is 1.49. The highest BCUT2D eigenvalue weighted by molar-refractivity contribution is 7.13. The van der Waals surface area contributed by atoms with E-state index < -0.39 is 0 Å². The number of thiazole rings is 1. The van der Waals surface area contributed by atoms with Gasteiger partial charge in [0.2, 0.25) is 0 Å². The minimum absolute atomic E-state index is 0.110. The molecule has 122 valence electrons. The maximum absolute atomic E-state index is 13.0. The summed E-state index contributed by atoms with van der Waals surface area (Å²) in [5.41, 5.74) is 2.00. The monoisotopic (exact) mass is 330 g/mol. The van der Waals surface area contributed by atoms with Crippen LogP contribution in [0.3, 0.4) is 0 Å². The lowest BCUT2D eigenvalue weighted by atomic mass is 10.1. The summed E-state index contributed by atoms with van der Waals surface area (Å²) in [6.07, 6.45) is 3.86. The molecule has 0 saturated carbocycles. The first-order chi connectivity index (χ1) is 11.0. The molecule has 2 aromatic rings. The molecule has 0 N–H and O–H groups in total. The predicted octanol–water partition coefficient (Wildman–Crippen LogP) is 3.20. The molecule has 0 aliphatic carbocycles. The Morgan fingerprint density at radius 1 is 1.39 bits per heavy atom. The third-order valence-electron chi connectivity index (χ3n) is 4.22. The highest BCUT2D eigenvalue weighted by Crippen LogP contribution is 2.35. The second-order valence-corrected chi connectivity index (χ2v) is 7.35. The highest BCUT2D eigenvalue weighted by Gasteiger charge is 2.32. The average molecular weight is 330 g/mol. The fraction of sp³-hybridized carbons (Fsp3) is 0.471. The lowest BCUT2D eigenvalue weighted by Crippen LogP contribution is -2.30. The number of carbonyl (C=O) groups is 1. The largest absolute Gasteiger partial charge is 0.363 e. The average Bonchev–Trinajstić information content (AvgIpc) is 3.13. The number of hydrogen-bond acceptors (Lipinski definition) is 5. The second kappa shape index (κ2) is 6.28. The normalized spacial score (nSPS) is 17.6. The van der Waals surface area contributed by atoms with Crippen LogP contribution in [-0.4, -0.2) is 41.4 Å². The van der Waals surface area contributed by atoms with Crippen LogP contribution in [0.1, 0.15) is 44.8 Å². The predicted molar refractivity (Wildman–Crippen MR) is 93.2 cm³/mol. The van der Waals surface area contributed by atoms with E-state index >= 15 is 0 Å². The molecule has 1 fully saturated rings. The van der Waals surface area contributed by atoms with E-state index in [1.165, 1.54) is 11.3 Å². The molecule has 0 radical (unpaired) electrons. The molecule has 0 spiro atoms. The van der Waals surface area contributed by atoms with Gasteiger partial charge in [0.15, 0.2) is 0 Å². The topological polar surface area (TPSA) is 49.3 Å². The summed E-state index contributed by atoms with van der Waals surface area (Å²) in [7, 11) is 3.96. The van der Waals surface area contributed by atoms with Gasteiger partial charge in [-0.3, -0.25) is 4.79 Å². The zero-order chi connectivity index (χ0) is 16.6. The molecule has 3 rings (SSSR count). The molecule has 23 heavy (non-hydrogen) atoms. The molecule has 0 bridgehead atoms. The standard InChI is InChI=1S/C17H22N4OS/c1-11-16(23-12(2)19-11)17(22)21-9-5-6-14(21)13-7-8-18-15(10-13)20(3)4/h7-8,10,14H,5-6,9H2,1-4H3/t14-/m0/s1. The van der Waals surface area contributed by atoms with Crippen LogP contribution < -0.4 is 4.90 Å². The van der Waals surface area contributed by atoms with E-state index in [0.29, 0.717) is 0 Å². The van der Waals surface area contributed by atoms with Gasteiger partial charge < -0.3 is 9.80 Å². The van der Waals surface area contributed by atoms with E-state index in [2.05, 4.69) is 16.0 Å². The fourth-order valence-corrected chi connectivity index (χ4v) is 3.98. The van der Waals surface area contributed by atoms with Crippen molar-refractivity contribution in [1.29, 1.82) is 0 Å². The van der Waals surface area contributed by atoms with Gasteiger partial charge in [0, 0.05) is 26.8 Å². The molecule has 1 amide bonds. The zero-order valence-electron chi connectivity index (χ0n) is 14.0. The summed E-state index contributed by atoms with van der Waals surface area (Å²) in [5, 5.41) is 0.945. The maximum Gasteiger partial charge on any atom is 0.266 e. The van der Waals surface area contributed by atoms with Crippen LogP contribution >= 0.6 is 11.3 Å². The van der Waals surface area contributed by atoms with Gasteiger partial charge in [-0.05, 0) is 44.4 Å². The minimum Gasteiger partial charge on any atom is -0.363 e. The second-order valence-electron chi connectivity index (χ2n) is 6.15. The quantitative estimate of drug-likeness (QED) is 0.867. The molecule has 1 atom stereocenters. The molecule has 0 aromatic carbocycles. The smallest absolute Gasteiger partial charge is 0.266 e. The van der Waals surface area contributed by atoms with Crippen molar-refractivity contribution in [2.24, 2.45) is 0 Å². The molecule has 2 aromatic heterocycles. The number of anilines is 1. The number of rotatable bonds is 3. The lowest BCUT2D eigenvalue weighted by molar-refractivity contribution is 0.0739. The molecular weight excluding hydrogens is 308 g/mol. The van der Waals surface area contributed by atoms with Crippen LogP contribution in [0.25, 0.3) is 0 Å². The van der Waals surface area contributed by atoms with Crippen molar-refractivity contribution in [3.63, 3.8) is 0 Å². The molecule has 0 unspecified atom stereocenters. The first-order valence-electron chi connectivity index (χ1n) is 7.85. The van der Waals surface area contributed by atoms with Gasteiger partial charge in [0.05, 0.1) is 16.7 Å². The van der Waals surface area contributed by atoms with Gasteiger partial charge in [-0.15, -0.1) is 11.3 Å². The van der Waals surface area contributed by atoms with Gasteiger partial charge in [0.1, 0.15) is 10.7 Å². The van der Waals surface area contributed by atoms with Gasteiger partial charge in [-0.1, -0.05) is 0 Å². The third kappa shape index (κ3) is 3.08. The number of aryl methyl sites for hydroxylation is 2. The van der Waals surface area contributed by atoms with Crippen molar-refractivity contribution in [2.45, 2.75) is 32.7 Å². The number of carbonyl (C=O) groups excluding carboxylic acids is 1. The van der Waals surface area contributed by atoms with Crippen molar-refractivity contribution in [1.82, 2.24) is 14.9 Å². The van der Waals surface area contributed by atoms with Crippen LogP contribution in [0.15, 0.2) is 18.3 Å². The Kier molecular flexibility index (Phi) is 4.35. The fourth-order valence-electron chi connectivity index (χ4n) is 3.10. The Hall–Kier alpha value is -1.95.